The van der Waals surface area contributed by atoms with E-state index in [1.165, 1.54) is 25.7 Å². The third-order valence-electron chi connectivity index (χ3n) is 2.48. The monoisotopic (exact) mass is 182 g/mol. The summed E-state index contributed by atoms with van der Waals surface area (Å²) in [4.78, 5) is 11.2. The van der Waals surface area contributed by atoms with Crippen LogP contribution in [0.1, 0.15) is 39.5 Å². The minimum Gasteiger partial charge on any atom is -0.463 e. The molecule has 0 unspecified atom stereocenters. The molecule has 2 nitrogen and oxygen atoms in total. The molecule has 2 heteroatoms. The van der Waals surface area contributed by atoms with Crippen LogP contribution in [0, 0.1) is 5.92 Å². The van der Waals surface area contributed by atoms with Gasteiger partial charge in [0, 0.05) is 5.57 Å². The van der Waals surface area contributed by atoms with Crippen molar-refractivity contribution in [2.45, 2.75) is 39.5 Å². The lowest BCUT2D eigenvalue weighted by Gasteiger charge is -2.05. The molecule has 1 rings (SSSR count). The summed E-state index contributed by atoms with van der Waals surface area (Å²) >= 11 is 0. The Morgan fingerprint density at radius 1 is 1.46 bits per heavy atom. The fourth-order valence-electron chi connectivity index (χ4n) is 1.79. The molecule has 0 heterocycles. The van der Waals surface area contributed by atoms with Crippen LogP contribution in [-0.4, -0.2) is 12.6 Å². The Labute approximate surface area is 80.0 Å². The second-order valence-corrected chi connectivity index (χ2v) is 3.61. The molecule has 1 saturated carbocycles. The van der Waals surface area contributed by atoms with Gasteiger partial charge in [-0.25, -0.2) is 4.79 Å². The SMILES string of the molecule is CCOC(=O)/C(C)=C/C1CCCC1. The smallest absolute Gasteiger partial charge is 0.333 e. The summed E-state index contributed by atoms with van der Waals surface area (Å²) in [5.41, 5.74) is 0.772. The van der Waals surface area contributed by atoms with Crippen molar-refractivity contribution in [3.05, 3.63) is 11.6 Å². The van der Waals surface area contributed by atoms with Crippen molar-refractivity contribution in [3.63, 3.8) is 0 Å². The average Bonchev–Trinajstić information content (AvgIpc) is 2.57. The third kappa shape index (κ3) is 3.21. The van der Waals surface area contributed by atoms with E-state index < -0.39 is 0 Å². The van der Waals surface area contributed by atoms with Gasteiger partial charge in [-0.3, -0.25) is 0 Å². The standard InChI is InChI=1S/C11H18O2/c1-3-13-11(12)9(2)8-10-6-4-5-7-10/h8,10H,3-7H2,1-2H3/b9-8+. The van der Waals surface area contributed by atoms with Gasteiger partial charge >= 0.3 is 5.97 Å². The Kier molecular flexibility index (Phi) is 4.00. The second-order valence-electron chi connectivity index (χ2n) is 3.61. The summed E-state index contributed by atoms with van der Waals surface area (Å²) in [5.74, 6) is 0.457. The first kappa shape index (κ1) is 10.3. The van der Waals surface area contributed by atoms with Crippen molar-refractivity contribution in [3.8, 4) is 0 Å². The van der Waals surface area contributed by atoms with Crippen LogP contribution in [0.15, 0.2) is 11.6 Å². The normalized spacial score (nSPS) is 19.1. The number of allylic oxidation sites excluding steroid dienone is 1. The summed E-state index contributed by atoms with van der Waals surface area (Å²) in [7, 11) is 0. The molecule has 0 aromatic carbocycles. The van der Waals surface area contributed by atoms with E-state index in [4.69, 9.17) is 4.74 Å². The topological polar surface area (TPSA) is 26.3 Å². The molecule has 74 valence electrons. The lowest BCUT2D eigenvalue weighted by atomic mass is 10.1. The second kappa shape index (κ2) is 5.05. The highest BCUT2D eigenvalue weighted by Gasteiger charge is 2.14. The van der Waals surface area contributed by atoms with Gasteiger partial charge in [0.15, 0.2) is 0 Å². The Balaban J connectivity index is 2.44. The Morgan fingerprint density at radius 2 is 2.08 bits per heavy atom. The van der Waals surface area contributed by atoms with Gasteiger partial charge in [-0.05, 0) is 32.6 Å². The molecule has 0 bridgehead atoms. The third-order valence-corrected chi connectivity index (χ3v) is 2.48. The van der Waals surface area contributed by atoms with Crippen molar-refractivity contribution in [1.82, 2.24) is 0 Å². The minimum atomic E-state index is -0.158. The van der Waals surface area contributed by atoms with Crippen LogP contribution in [0.3, 0.4) is 0 Å². The maximum atomic E-state index is 11.2. The van der Waals surface area contributed by atoms with E-state index in [2.05, 4.69) is 6.08 Å². The van der Waals surface area contributed by atoms with Crippen LogP contribution in [0.2, 0.25) is 0 Å². The average molecular weight is 182 g/mol. The highest BCUT2D eigenvalue weighted by Crippen LogP contribution is 2.26. The number of rotatable bonds is 3. The van der Waals surface area contributed by atoms with Crippen molar-refractivity contribution in [2.75, 3.05) is 6.61 Å². The molecule has 0 radical (unpaired) electrons. The van der Waals surface area contributed by atoms with Gasteiger partial charge in [0.05, 0.1) is 6.61 Å². The van der Waals surface area contributed by atoms with E-state index in [1.54, 1.807) is 0 Å². The van der Waals surface area contributed by atoms with E-state index >= 15 is 0 Å². The molecule has 0 aliphatic heterocycles. The number of esters is 1. The molecule has 1 aliphatic rings. The summed E-state index contributed by atoms with van der Waals surface area (Å²) in [6.07, 6.45) is 7.15. The number of carbonyl (C=O) groups excluding carboxylic acids is 1. The molecule has 0 N–H and O–H groups in total. The first-order chi connectivity index (χ1) is 6.24. The van der Waals surface area contributed by atoms with Gasteiger partial charge in [0.1, 0.15) is 0 Å². The van der Waals surface area contributed by atoms with Crippen molar-refractivity contribution in [1.29, 1.82) is 0 Å². The number of ether oxygens (including phenoxy) is 1. The van der Waals surface area contributed by atoms with Crippen molar-refractivity contribution < 1.29 is 9.53 Å². The Bertz CT molecular complexity index is 200. The maximum Gasteiger partial charge on any atom is 0.333 e. The van der Waals surface area contributed by atoms with Gasteiger partial charge in [0.25, 0.3) is 0 Å². The largest absolute Gasteiger partial charge is 0.463 e. The van der Waals surface area contributed by atoms with Crippen molar-refractivity contribution >= 4 is 5.97 Å². The predicted octanol–water partition coefficient (Wildman–Crippen LogP) is 2.69. The van der Waals surface area contributed by atoms with Crippen LogP contribution < -0.4 is 0 Å². The molecule has 0 atom stereocenters. The van der Waals surface area contributed by atoms with E-state index in [0.717, 1.165) is 5.57 Å². The lowest BCUT2D eigenvalue weighted by molar-refractivity contribution is -0.138. The number of carbonyl (C=O) groups is 1. The Hall–Kier alpha value is -0.790. The van der Waals surface area contributed by atoms with Gasteiger partial charge in [-0.1, -0.05) is 18.9 Å². The van der Waals surface area contributed by atoms with Crippen LogP contribution in [-0.2, 0) is 9.53 Å². The molecule has 13 heavy (non-hydrogen) atoms. The van der Waals surface area contributed by atoms with Crippen LogP contribution >= 0.6 is 0 Å². The zero-order chi connectivity index (χ0) is 9.68. The molecule has 0 amide bonds. The van der Waals surface area contributed by atoms with E-state index in [0.29, 0.717) is 12.5 Å². The fraction of sp³-hybridized carbons (Fsp3) is 0.727. The van der Waals surface area contributed by atoms with E-state index in [-0.39, 0.29) is 5.97 Å². The fourth-order valence-corrected chi connectivity index (χ4v) is 1.79. The van der Waals surface area contributed by atoms with Crippen molar-refractivity contribution in [2.24, 2.45) is 5.92 Å². The van der Waals surface area contributed by atoms with Crippen LogP contribution in [0.5, 0.6) is 0 Å². The lowest BCUT2D eigenvalue weighted by Crippen LogP contribution is -2.06. The van der Waals surface area contributed by atoms with Gasteiger partial charge in [-0.2, -0.15) is 0 Å². The highest BCUT2D eigenvalue weighted by atomic mass is 16.5. The molecular formula is C11H18O2. The van der Waals surface area contributed by atoms with Crippen LogP contribution in [0.25, 0.3) is 0 Å². The molecular weight excluding hydrogens is 164 g/mol. The summed E-state index contributed by atoms with van der Waals surface area (Å²) in [6.45, 7) is 4.14. The summed E-state index contributed by atoms with van der Waals surface area (Å²) in [5, 5.41) is 0. The first-order valence-electron chi connectivity index (χ1n) is 5.09. The van der Waals surface area contributed by atoms with Gasteiger partial charge in [-0.15, -0.1) is 0 Å². The van der Waals surface area contributed by atoms with E-state index in [9.17, 15) is 4.79 Å². The molecule has 0 saturated heterocycles. The highest BCUT2D eigenvalue weighted by molar-refractivity contribution is 5.87. The zero-order valence-corrected chi connectivity index (χ0v) is 8.51. The van der Waals surface area contributed by atoms with Gasteiger partial charge < -0.3 is 4.74 Å². The summed E-state index contributed by atoms with van der Waals surface area (Å²) < 4.78 is 4.91. The molecule has 0 aromatic heterocycles. The maximum absolute atomic E-state index is 11.2. The van der Waals surface area contributed by atoms with Crippen LogP contribution in [0.4, 0.5) is 0 Å². The summed E-state index contributed by atoms with van der Waals surface area (Å²) in [6, 6.07) is 0. The number of hydrogen-bond donors (Lipinski definition) is 0. The minimum absolute atomic E-state index is 0.158. The van der Waals surface area contributed by atoms with Gasteiger partial charge in [0.2, 0.25) is 0 Å². The molecule has 0 spiro atoms. The zero-order valence-electron chi connectivity index (χ0n) is 8.51. The first-order valence-corrected chi connectivity index (χ1v) is 5.09. The molecule has 1 aliphatic carbocycles. The predicted molar refractivity (Wildman–Crippen MR) is 52.3 cm³/mol. The molecule has 0 aromatic rings. The number of hydrogen-bond acceptors (Lipinski definition) is 2. The molecule has 1 fully saturated rings. The quantitative estimate of drug-likeness (QED) is 0.495. The van der Waals surface area contributed by atoms with E-state index in [1.807, 2.05) is 13.8 Å². The Morgan fingerprint density at radius 3 is 2.62 bits per heavy atom.